The maximum absolute atomic E-state index is 12.2. The fraction of sp³-hybridized carbons (Fsp3) is 0.200. The van der Waals surface area contributed by atoms with Crippen LogP contribution in [-0.2, 0) is 11.3 Å². The Kier molecular flexibility index (Phi) is 6.01. The number of nitrogens with zero attached hydrogens (tertiary/aromatic N) is 3. The number of hydrogen-bond donors (Lipinski definition) is 3. The number of aryl methyl sites for hydroxylation is 2. The second-order valence-electron chi connectivity index (χ2n) is 6.46. The molecule has 8 nitrogen and oxygen atoms in total. The van der Waals surface area contributed by atoms with Gasteiger partial charge in [0.1, 0.15) is 12.7 Å². The average Bonchev–Trinajstić information content (AvgIpc) is 3.19. The van der Waals surface area contributed by atoms with Crippen molar-refractivity contribution < 1.29 is 9.59 Å². The molecular weight excluding hydrogens is 356 g/mol. The molecular formula is C20H22N6O2. The minimum absolute atomic E-state index is 0.0566. The molecule has 3 rings (SSSR count). The number of anilines is 1. The van der Waals surface area contributed by atoms with Crippen molar-refractivity contribution in [2.75, 3.05) is 11.9 Å². The Labute approximate surface area is 163 Å². The second kappa shape index (κ2) is 8.81. The summed E-state index contributed by atoms with van der Waals surface area (Å²) in [6.07, 6.45) is 3.10. The normalized spacial score (nSPS) is 10.4. The van der Waals surface area contributed by atoms with E-state index in [9.17, 15) is 9.59 Å². The van der Waals surface area contributed by atoms with Crippen LogP contribution in [0.1, 0.15) is 27.0 Å². The molecule has 0 bridgehead atoms. The lowest BCUT2D eigenvalue weighted by molar-refractivity contribution is -0.120. The van der Waals surface area contributed by atoms with Gasteiger partial charge in [0.05, 0.1) is 13.1 Å². The zero-order chi connectivity index (χ0) is 19.9. The Balaban J connectivity index is 1.46. The Morgan fingerprint density at radius 2 is 1.82 bits per heavy atom. The molecule has 1 heterocycles. The molecule has 0 saturated carbocycles. The Hall–Kier alpha value is -3.68. The van der Waals surface area contributed by atoms with Gasteiger partial charge in [-0.15, -0.1) is 0 Å². The van der Waals surface area contributed by atoms with E-state index in [0.717, 1.165) is 22.4 Å². The highest BCUT2D eigenvalue weighted by Gasteiger charge is 2.08. The lowest BCUT2D eigenvalue weighted by Gasteiger charge is -2.11. The van der Waals surface area contributed by atoms with Crippen molar-refractivity contribution in [2.45, 2.75) is 20.4 Å². The van der Waals surface area contributed by atoms with Crippen LogP contribution in [0.15, 0.2) is 55.1 Å². The van der Waals surface area contributed by atoms with Crippen molar-refractivity contribution in [3.05, 3.63) is 77.4 Å². The maximum atomic E-state index is 12.2. The summed E-state index contributed by atoms with van der Waals surface area (Å²) in [5.41, 5.74) is 9.37. The van der Waals surface area contributed by atoms with E-state index in [4.69, 9.17) is 0 Å². The van der Waals surface area contributed by atoms with E-state index in [1.54, 1.807) is 23.1 Å². The van der Waals surface area contributed by atoms with E-state index in [1.165, 1.54) is 6.33 Å². The fourth-order valence-electron chi connectivity index (χ4n) is 2.69. The number of aromatic nitrogens is 3. The Morgan fingerprint density at radius 1 is 1.04 bits per heavy atom. The summed E-state index contributed by atoms with van der Waals surface area (Å²) in [6, 6.07) is 13.0. The molecule has 0 atom stereocenters. The van der Waals surface area contributed by atoms with Crippen molar-refractivity contribution in [3.8, 4) is 0 Å². The predicted octanol–water partition coefficient (Wildman–Crippen LogP) is 1.82. The van der Waals surface area contributed by atoms with Crippen molar-refractivity contribution >= 4 is 17.5 Å². The standard InChI is InChI=1S/C20H22N6O2/c1-14-3-8-18(15(2)9-14)22-10-19(27)24-25-20(28)17-6-4-16(5-7-17)11-26-13-21-12-23-26/h3-9,12-13,22H,10-11H2,1-2H3,(H,24,27)(H,25,28). The zero-order valence-electron chi connectivity index (χ0n) is 15.8. The van der Waals surface area contributed by atoms with Crippen LogP contribution in [0.3, 0.4) is 0 Å². The maximum Gasteiger partial charge on any atom is 0.269 e. The summed E-state index contributed by atoms with van der Waals surface area (Å²) in [7, 11) is 0. The number of rotatable bonds is 6. The molecule has 0 aliphatic carbocycles. The topological polar surface area (TPSA) is 101 Å². The van der Waals surface area contributed by atoms with Crippen LogP contribution >= 0.6 is 0 Å². The lowest BCUT2D eigenvalue weighted by atomic mass is 10.1. The smallest absolute Gasteiger partial charge is 0.269 e. The molecule has 0 radical (unpaired) electrons. The minimum Gasteiger partial charge on any atom is -0.376 e. The van der Waals surface area contributed by atoms with Crippen molar-refractivity contribution in [3.63, 3.8) is 0 Å². The molecule has 28 heavy (non-hydrogen) atoms. The van der Waals surface area contributed by atoms with Gasteiger partial charge in [-0.25, -0.2) is 9.67 Å². The summed E-state index contributed by atoms with van der Waals surface area (Å²) >= 11 is 0. The molecule has 0 unspecified atom stereocenters. The molecule has 2 amide bonds. The molecule has 1 aromatic heterocycles. The fourth-order valence-corrected chi connectivity index (χ4v) is 2.69. The van der Waals surface area contributed by atoms with Crippen LogP contribution in [0.2, 0.25) is 0 Å². The van der Waals surface area contributed by atoms with E-state index in [1.807, 2.05) is 44.2 Å². The number of amides is 2. The summed E-state index contributed by atoms with van der Waals surface area (Å²) in [5, 5.41) is 7.09. The quantitative estimate of drug-likeness (QED) is 0.568. The molecule has 144 valence electrons. The molecule has 3 N–H and O–H groups in total. The van der Waals surface area contributed by atoms with Gasteiger partial charge in [-0.3, -0.25) is 20.4 Å². The van der Waals surface area contributed by atoms with Gasteiger partial charge in [-0.2, -0.15) is 5.10 Å². The lowest BCUT2D eigenvalue weighted by Crippen LogP contribution is -2.44. The summed E-state index contributed by atoms with van der Waals surface area (Å²) in [4.78, 5) is 28.0. The molecule has 2 aromatic carbocycles. The average molecular weight is 378 g/mol. The van der Waals surface area contributed by atoms with E-state index in [-0.39, 0.29) is 18.4 Å². The van der Waals surface area contributed by atoms with E-state index >= 15 is 0 Å². The van der Waals surface area contributed by atoms with Gasteiger partial charge in [-0.1, -0.05) is 29.8 Å². The number of hydrogen-bond acceptors (Lipinski definition) is 5. The van der Waals surface area contributed by atoms with Gasteiger partial charge in [0.2, 0.25) is 0 Å². The van der Waals surface area contributed by atoms with Gasteiger partial charge in [0.15, 0.2) is 0 Å². The van der Waals surface area contributed by atoms with Gasteiger partial charge < -0.3 is 5.32 Å². The monoisotopic (exact) mass is 378 g/mol. The summed E-state index contributed by atoms with van der Waals surface area (Å²) in [5.74, 6) is -0.719. The number of hydrazine groups is 1. The first-order valence-corrected chi connectivity index (χ1v) is 8.83. The second-order valence-corrected chi connectivity index (χ2v) is 6.46. The van der Waals surface area contributed by atoms with Crippen LogP contribution in [0.25, 0.3) is 0 Å². The number of nitrogens with one attached hydrogen (secondary N) is 3. The van der Waals surface area contributed by atoms with Gasteiger partial charge in [0, 0.05) is 11.3 Å². The third kappa shape index (κ3) is 5.16. The number of carbonyl (C=O) groups is 2. The molecule has 8 heteroatoms. The number of carbonyl (C=O) groups excluding carboxylic acids is 2. The highest BCUT2D eigenvalue weighted by atomic mass is 16.2. The Bertz CT molecular complexity index is 951. The van der Waals surface area contributed by atoms with Gasteiger partial charge in [-0.05, 0) is 43.2 Å². The van der Waals surface area contributed by atoms with Crippen LogP contribution in [0.5, 0.6) is 0 Å². The summed E-state index contributed by atoms with van der Waals surface area (Å²) in [6.45, 7) is 4.62. The SMILES string of the molecule is Cc1ccc(NCC(=O)NNC(=O)c2ccc(Cn3cncn3)cc2)c(C)c1. The van der Waals surface area contributed by atoms with Gasteiger partial charge >= 0.3 is 0 Å². The zero-order valence-corrected chi connectivity index (χ0v) is 15.8. The van der Waals surface area contributed by atoms with Crippen molar-refractivity contribution in [1.29, 1.82) is 0 Å². The van der Waals surface area contributed by atoms with Crippen LogP contribution in [0.4, 0.5) is 5.69 Å². The highest BCUT2D eigenvalue weighted by Crippen LogP contribution is 2.15. The molecule has 0 spiro atoms. The first kappa shape index (κ1) is 19.1. The first-order valence-electron chi connectivity index (χ1n) is 8.83. The van der Waals surface area contributed by atoms with Gasteiger partial charge in [0.25, 0.3) is 11.8 Å². The number of benzene rings is 2. The molecule has 0 fully saturated rings. The third-order valence-corrected chi connectivity index (χ3v) is 4.16. The third-order valence-electron chi connectivity index (χ3n) is 4.16. The molecule has 0 aliphatic rings. The Morgan fingerprint density at radius 3 is 2.50 bits per heavy atom. The van der Waals surface area contributed by atoms with Crippen molar-refractivity contribution in [2.24, 2.45) is 0 Å². The predicted molar refractivity (Wildman–Crippen MR) is 106 cm³/mol. The van der Waals surface area contributed by atoms with Crippen LogP contribution in [-0.4, -0.2) is 33.1 Å². The largest absolute Gasteiger partial charge is 0.376 e. The van der Waals surface area contributed by atoms with E-state index < -0.39 is 0 Å². The van der Waals surface area contributed by atoms with Crippen LogP contribution in [0, 0.1) is 13.8 Å². The first-order chi connectivity index (χ1) is 13.5. The summed E-state index contributed by atoms with van der Waals surface area (Å²) < 4.78 is 1.69. The van der Waals surface area contributed by atoms with E-state index in [2.05, 4.69) is 26.3 Å². The molecule has 3 aromatic rings. The van der Waals surface area contributed by atoms with E-state index in [0.29, 0.717) is 12.1 Å². The molecule has 0 aliphatic heterocycles. The minimum atomic E-state index is -0.382. The highest BCUT2D eigenvalue weighted by molar-refractivity contribution is 5.95. The molecule has 0 saturated heterocycles. The van der Waals surface area contributed by atoms with Crippen LogP contribution < -0.4 is 16.2 Å². The van der Waals surface area contributed by atoms with Crippen molar-refractivity contribution in [1.82, 2.24) is 25.6 Å².